The third-order valence-corrected chi connectivity index (χ3v) is 3.69. The van der Waals surface area contributed by atoms with E-state index in [4.69, 9.17) is 16.3 Å². The van der Waals surface area contributed by atoms with E-state index in [-0.39, 0.29) is 5.02 Å². The first kappa shape index (κ1) is 17.5. The van der Waals surface area contributed by atoms with Crippen LogP contribution < -0.4 is 5.32 Å². The molecule has 0 fully saturated rings. The van der Waals surface area contributed by atoms with Gasteiger partial charge in [-0.05, 0) is 18.9 Å². The highest BCUT2D eigenvalue weighted by atomic mass is 127. The highest BCUT2D eigenvalue weighted by Gasteiger charge is 2.19. The van der Waals surface area contributed by atoms with Gasteiger partial charge in [0.05, 0.1) is 17.7 Å². The Bertz CT molecular complexity index is 445. The van der Waals surface area contributed by atoms with E-state index < -0.39 is 18.0 Å². The van der Waals surface area contributed by atoms with Crippen LogP contribution in [0.4, 0.5) is 9.18 Å². The molecule has 112 valence electrons. The molecule has 0 aromatic heterocycles. The van der Waals surface area contributed by atoms with Crippen LogP contribution in [0, 0.1) is 5.82 Å². The Labute approximate surface area is 137 Å². The number of benzene rings is 1. The van der Waals surface area contributed by atoms with Crippen LogP contribution in [-0.2, 0) is 4.74 Å². The molecule has 1 atom stereocenters. The lowest BCUT2D eigenvalue weighted by Crippen LogP contribution is -2.30. The summed E-state index contributed by atoms with van der Waals surface area (Å²) in [6.07, 6.45) is 1.86. The number of nitrogens with one attached hydrogen (secondary N) is 1. The van der Waals surface area contributed by atoms with E-state index >= 15 is 0 Å². The molecule has 0 saturated heterocycles. The number of unbranched alkanes of at least 4 members (excludes halogenated alkanes) is 1. The van der Waals surface area contributed by atoms with Crippen molar-refractivity contribution in [1.82, 2.24) is 5.32 Å². The maximum absolute atomic E-state index is 14.0. The zero-order valence-corrected chi connectivity index (χ0v) is 14.2. The molecule has 1 amide bonds. The molecule has 1 unspecified atom stereocenters. The van der Waals surface area contributed by atoms with Gasteiger partial charge in [0, 0.05) is 9.99 Å². The van der Waals surface area contributed by atoms with Crippen molar-refractivity contribution in [3.05, 3.63) is 34.6 Å². The summed E-state index contributed by atoms with van der Waals surface area (Å²) in [5.41, 5.74) is 0.390. The number of hydrogen-bond donors (Lipinski definition) is 1. The molecule has 1 aromatic carbocycles. The molecule has 6 heteroatoms. The van der Waals surface area contributed by atoms with Crippen molar-refractivity contribution in [3.8, 4) is 0 Å². The molecule has 0 aliphatic carbocycles. The lowest BCUT2D eigenvalue weighted by molar-refractivity contribution is 0.140. The number of alkyl carbamates (subject to hydrolysis) is 1. The van der Waals surface area contributed by atoms with Crippen LogP contribution in [-0.4, -0.2) is 17.1 Å². The summed E-state index contributed by atoms with van der Waals surface area (Å²) in [5, 5.41) is 2.75. The van der Waals surface area contributed by atoms with Gasteiger partial charge < -0.3 is 10.1 Å². The summed E-state index contributed by atoms with van der Waals surface area (Å²) in [4.78, 5) is 11.7. The minimum Gasteiger partial charge on any atom is -0.450 e. The Morgan fingerprint density at radius 2 is 2.30 bits per heavy atom. The predicted octanol–water partition coefficient (Wildman–Crippen LogP) is 4.87. The van der Waals surface area contributed by atoms with Crippen LogP contribution in [0.3, 0.4) is 0 Å². The van der Waals surface area contributed by atoms with Crippen molar-refractivity contribution in [2.24, 2.45) is 0 Å². The monoisotopic (exact) mass is 413 g/mol. The van der Waals surface area contributed by atoms with Gasteiger partial charge >= 0.3 is 6.09 Å². The quantitative estimate of drug-likeness (QED) is 0.393. The molecule has 0 saturated carbocycles. The van der Waals surface area contributed by atoms with Crippen LogP contribution in [0.1, 0.15) is 37.8 Å². The average molecular weight is 414 g/mol. The van der Waals surface area contributed by atoms with Gasteiger partial charge in [-0.15, -0.1) is 0 Å². The fourth-order valence-electron chi connectivity index (χ4n) is 1.70. The largest absolute Gasteiger partial charge is 0.450 e. The topological polar surface area (TPSA) is 38.3 Å². The molecular formula is C14H18ClFINO2. The number of rotatable bonds is 7. The first-order valence-corrected chi connectivity index (χ1v) is 8.43. The fraction of sp³-hybridized carbons (Fsp3) is 0.500. The minimum absolute atomic E-state index is 0.0575. The van der Waals surface area contributed by atoms with Crippen molar-refractivity contribution >= 4 is 40.3 Å². The third kappa shape index (κ3) is 5.44. The van der Waals surface area contributed by atoms with Crippen molar-refractivity contribution in [2.45, 2.75) is 32.2 Å². The van der Waals surface area contributed by atoms with E-state index in [1.165, 1.54) is 6.07 Å². The molecular weight excluding hydrogens is 396 g/mol. The molecule has 0 aliphatic heterocycles. The highest BCUT2D eigenvalue weighted by Crippen LogP contribution is 2.26. The van der Waals surface area contributed by atoms with Gasteiger partial charge in [0.1, 0.15) is 5.82 Å². The molecule has 0 bridgehead atoms. The van der Waals surface area contributed by atoms with E-state index in [9.17, 15) is 9.18 Å². The molecule has 1 rings (SSSR count). The molecule has 0 aliphatic rings. The van der Waals surface area contributed by atoms with E-state index in [1.807, 2.05) is 6.92 Å². The molecule has 0 spiro atoms. The van der Waals surface area contributed by atoms with Gasteiger partial charge in [0.15, 0.2) is 0 Å². The van der Waals surface area contributed by atoms with Crippen molar-refractivity contribution in [3.63, 3.8) is 0 Å². The number of amides is 1. The van der Waals surface area contributed by atoms with Crippen LogP contribution >= 0.6 is 34.2 Å². The Morgan fingerprint density at radius 3 is 2.95 bits per heavy atom. The zero-order chi connectivity index (χ0) is 15.0. The Kier molecular flexibility index (Phi) is 8.21. The number of carbonyl (C=O) groups is 1. The number of alkyl halides is 1. The molecule has 0 radical (unpaired) electrons. The molecule has 1 aromatic rings. The zero-order valence-electron chi connectivity index (χ0n) is 11.3. The number of halogens is 3. The van der Waals surface area contributed by atoms with Crippen LogP contribution in [0.5, 0.6) is 0 Å². The second-order valence-corrected chi connectivity index (χ2v) is 5.79. The maximum atomic E-state index is 14.0. The summed E-state index contributed by atoms with van der Waals surface area (Å²) >= 11 is 7.96. The second-order valence-electron chi connectivity index (χ2n) is 4.31. The fourth-order valence-corrected chi connectivity index (χ4v) is 2.50. The Morgan fingerprint density at radius 1 is 1.55 bits per heavy atom. The molecule has 1 N–H and O–H groups in total. The Balaban J connectivity index is 2.73. The standard InChI is InChI=1S/C14H18ClFINO2/c1-2-3-9-20-14(19)18-12(7-8-17)10-5-4-6-11(15)13(10)16/h4-6,12H,2-3,7-9H2,1H3,(H,18,19). The molecule has 0 heterocycles. The molecule has 20 heavy (non-hydrogen) atoms. The van der Waals surface area contributed by atoms with E-state index in [0.717, 1.165) is 17.3 Å². The van der Waals surface area contributed by atoms with Gasteiger partial charge in [-0.1, -0.05) is 59.7 Å². The van der Waals surface area contributed by atoms with Gasteiger partial charge in [0.25, 0.3) is 0 Å². The van der Waals surface area contributed by atoms with Crippen molar-refractivity contribution < 1.29 is 13.9 Å². The maximum Gasteiger partial charge on any atom is 0.407 e. The number of ether oxygens (including phenoxy) is 1. The van der Waals surface area contributed by atoms with Crippen LogP contribution in [0.2, 0.25) is 5.02 Å². The SMILES string of the molecule is CCCCOC(=O)NC(CCI)c1cccc(Cl)c1F. The number of hydrogen-bond acceptors (Lipinski definition) is 2. The highest BCUT2D eigenvalue weighted by molar-refractivity contribution is 14.1. The summed E-state index contributed by atoms with van der Waals surface area (Å²) in [7, 11) is 0. The summed E-state index contributed by atoms with van der Waals surface area (Å²) in [5.74, 6) is -0.488. The average Bonchev–Trinajstić information content (AvgIpc) is 2.42. The second kappa shape index (κ2) is 9.39. The third-order valence-electron chi connectivity index (χ3n) is 2.78. The number of carbonyl (C=O) groups excluding carboxylic acids is 1. The van der Waals surface area contributed by atoms with Gasteiger partial charge in [-0.25, -0.2) is 9.18 Å². The summed E-state index contributed by atoms with van der Waals surface area (Å²) in [6, 6.07) is 4.36. The first-order chi connectivity index (χ1) is 9.60. The summed E-state index contributed by atoms with van der Waals surface area (Å²) < 4.78 is 19.8. The van der Waals surface area contributed by atoms with Crippen LogP contribution in [0.15, 0.2) is 18.2 Å². The van der Waals surface area contributed by atoms with Crippen LogP contribution in [0.25, 0.3) is 0 Å². The van der Waals surface area contributed by atoms with E-state index in [2.05, 4.69) is 27.9 Å². The van der Waals surface area contributed by atoms with Gasteiger partial charge in [-0.2, -0.15) is 0 Å². The van der Waals surface area contributed by atoms with Gasteiger partial charge in [-0.3, -0.25) is 0 Å². The summed E-state index contributed by atoms with van der Waals surface area (Å²) in [6.45, 7) is 2.39. The Hall–Kier alpha value is -0.560. The van der Waals surface area contributed by atoms with Crippen molar-refractivity contribution in [1.29, 1.82) is 0 Å². The normalized spacial score (nSPS) is 12.0. The lowest BCUT2D eigenvalue weighted by atomic mass is 10.0. The van der Waals surface area contributed by atoms with E-state index in [0.29, 0.717) is 18.6 Å². The minimum atomic E-state index is -0.521. The predicted molar refractivity (Wildman–Crippen MR) is 87.0 cm³/mol. The van der Waals surface area contributed by atoms with Gasteiger partial charge in [0.2, 0.25) is 0 Å². The first-order valence-electron chi connectivity index (χ1n) is 6.53. The van der Waals surface area contributed by atoms with E-state index in [1.54, 1.807) is 12.1 Å². The lowest BCUT2D eigenvalue weighted by Gasteiger charge is -2.19. The molecule has 3 nitrogen and oxygen atoms in total. The van der Waals surface area contributed by atoms with Crippen molar-refractivity contribution in [2.75, 3.05) is 11.0 Å². The smallest absolute Gasteiger partial charge is 0.407 e.